The molecular formula is C16H26N4O3S. The number of pyridine rings is 1. The van der Waals surface area contributed by atoms with Gasteiger partial charge in [-0.05, 0) is 24.9 Å². The SMILES string of the molecule is CCN1C[C@H]2C[C@@H](C1)[C@H](CNS(=O)(=O)N(C)C)n1c2cccc1=O. The number of fused-ring (bicyclic) bond motifs is 4. The van der Waals surface area contributed by atoms with Gasteiger partial charge in [0.05, 0.1) is 6.04 Å². The molecule has 1 aromatic heterocycles. The molecule has 0 aromatic carbocycles. The lowest BCUT2D eigenvalue weighted by atomic mass is 9.78. The average Bonchev–Trinajstić information content (AvgIpc) is 2.54. The van der Waals surface area contributed by atoms with Crippen molar-refractivity contribution in [3.63, 3.8) is 0 Å². The fourth-order valence-electron chi connectivity index (χ4n) is 3.98. The standard InChI is InChI=1S/C16H26N4O3S/c1-4-19-10-12-8-13(11-19)15(9-17-24(22,23)18(2)3)20-14(12)6-5-7-16(20)21/h5-7,12-13,15,17H,4,8-11H2,1-3H3/t12-,13+,15+/m1/s1. The molecule has 1 N–H and O–H groups in total. The van der Waals surface area contributed by atoms with Crippen molar-refractivity contribution in [1.82, 2.24) is 18.5 Å². The fourth-order valence-corrected chi connectivity index (χ4v) is 4.62. The molecule has 0 amide bonds. The molecule has 7 nitrogen and oxygen atoms in total. The maximum absolute atomic E-state index is 12.5. The molecule has 2 bridgehead atoms. The van der Waals surface area contributed by atoms with Crippen molar-refractivity contribution < 1.29 is 8.42 Å². The van der Waals surface area contributed by atoms with Crippen LogP contribution in [0.3, 0.4) is 0 Å². The number of hydrogen-bond donors (Lipinski definition) is 1. The van der Waals surface area contributed by atoms with Gasteiger partial charge in [0.1, 0.15) is 0 Å². The van der Waals surface area contributed by atoms with E-state index < -0.39 is 10.2 Å². The monoisotopic (exact) mass is 354 g/mol. The molecule has 3 atom stereocenters. The Morgan fingerprint density at radius 1 is 1.29 bits per heavy atom. The summed E-state index contributed by atoms with van der Waals surface area (Å²) in [5.41, 5.74) is 0.993. The Kier molecular flexibility index (Phi) is 4.83. The second-order valence-electron chi connectivity index (χ2n) is 6.91. The zero-order valence-corrected chi connectivity index (χ0v) is 15.3. The van der Waals surface area contributed by atoms with E-state index in [9.17, 15) is 13.2 Å². The van der Waals surface area contributed by atoms with Gasteiger partial charge in [-0.25, -0.2) is 4.72 Å². The summed E-state index contributed by atoms with van der Waals surface area (Å²) in [6, 6.07) is 5.24. The molecule has 0 spiro atoms. The summed E-state index contributed by atoms with van der Waals surface area (Å²) in [7, 11) is -0.507. The number of rotatable bonds is 5. The number of hydrogen-bond acceptors (Lipinski definition) is 4. The van der Waals surface area contributed by atoms with E-state index >= 15 is 0 Å². The van der Waals surface area contributed by atoms with Gasteiger partial charge in [-0.15, -0.1) is 0 Å². The Morgan fingerprint density at radius 3 is 2.71 bits per heavy atom. The molecule has 3 rings (SSSR count). The Hall–Kier alpha value is -1.22. The van der Waals surface area contributed by atoms with Crippen LogP contribution in [0.15, 0.2) is 23.0 Å². The highest BCUT2D eigenvalue weighted by Gasteiger charge is 2.40. The third-order valence-electron chi connectivity index (χ3n) is 5.28. The van der Waals surface area contributed by atoms with Crippen molar-refractivity contribution in [3.8, 4) is 0 Å². The topological polar surface area (TPSA) is 74.7 Å². The van der Waals surface area contributed by atoms with Crippen LogP contribution < -0.4 is 10.3 Å². The highest BCUT2D eigenvalue weighted by atomic mass is 32.2. The molecule has 3 heterocycles. The van der Waals surface area contributed by atoms with E-state index in [1.54, 1.807) is 12.1 Å². The Morgan fingerprint density at radius 2 is 2.04 bits per heavy atom. The maximum atomic E-state index is 12.5. The van der Waals surface area contributed by atoms with Crippen LogP contribution in [-0.2, 0) is 10.2 Å². The summed E-state index contributed by atoms with van der Waals surface area (Å²) in [6.07, 6.45) is 1.01. The van der Waals surface area contributed by atoms with Gasteiger partial charge in [0, 0.05) is 51.4 Å². The van der Waals surface area contributed by atoms with Gasteiger partial charge < -0.3 is 9.47 Å². The second-order valence-corrected chi connectivity index (χ2v) is 8.88. The van der Waals surface area contributed by atoms with Crippen molar-refractivity contribution in [2.45, 2.75) is 25.3 Å². The number of aromatic nitrogens is 1. The van der Waals surface area contributed by atoms with E-state index in [0.717, 1.165) is 36.1 Å². The quantitative estimate of drug-likeness (QED) is 0.821. The smallest absolute Gasteiger partial charge is 0.279 e. The van der Waals surface area contributed by atoms with Crippen LogP contribution in [0.2, 0.25) is 0 Å². The van der Waals surface area contributed by atoms with Crippen molar-refractivity contribution in [2.75, 3.05) is 40.3 Å². The van der Waals surface area contributed by atoms with Crippen LogP contribution in [0.5, 0.6) is 0 Å². The van der Waals surface area contributed by atoms with E-state index in [-0.39, 0.29) is 24.1 Å². The third-order valence-corrected chi connectivity index (χ3v) is 6.77. The zero-order chi connectivity index (χ0) is 17.5. The summed E-state index contributed by atoms with van der Waals surface area (Å²) in [6.45, 7) is 5.23. The van der Waals surface area contributed by atoms with Crippen molar-refractivity contribution in [1.29, 1.82) is 0 Å². The molecule has 1 aromatic rings. The lowest BCUT2D eigenvalue weighted by molar-refractivity contribution is 0.0960. The fraction of sp³-hybridized carbons (Fsp3) is 0.688. The van der Waals surface area contributed by atoms with Crippen molar-refractivity contribution in [2.24, 2.45) is 5.92 Å². The van der Waals surface area contributed by atoms with E-state index in [1.807, 2.05) is 10.6 Å². The van der Waals surface area contributed by atoms with Crippen LogP contribution in [-0.4, -0.2) is 62.5 Å². The van der Waals surface area contributed by atoms with Crippen LogP contribution >= 0.6 is 0 Å². The second kappa shape index (κ2) is 6.59. The van der Waals surface area contributed by atoms with Gasteiger partial charge in [-0.2, -0.15) is 12.7 Å². The largest absolute Gasteiger partial charge is 0.308 e. The molecule has 0 aliphatic carbocycles. The molecular weight excluding hydrogens is 328 g/mol. The predicted molar refractivity (Wildman–Crippen MR) is 93.3 cm³/mol. The first-order chi connectivity index (χ1) is 11.3. The lowest BCUT2D eigenvalue weighted by Crippen LogP contribution is -2.52. The molecule has 0 unspecified atom stereocenters. The molecule has 2 aliphatic rings. The summed E-state index contributed by atoms with van der Waals surface area (Å²) in [5.74, 6) is 0.625. The van der Waals surface area contributed by atoms with Gasteiger partial charge in [0.2, 0.25) is 0 Å². The van der Waals surface area contributed by atoms with Gasteiger partial charge in [0.15, 0.2) is 0 Å². The maximum Gasteiger partial charge on any atom is 0.279 e. The van der Waals surface area contributed by atoms with Crippen LogP contribution in [0, 0.1) is 5.92 Å². The van der Waals surface area contributed by atoms with Crippen molar-refractivity contribution in [3.05, 3.63) is 34.2 Å². The van der Waals surface area contributed by atoms with Crippen LogP contribution in [0.1, 0.15) is 31.0 Å². The minimum absolute atomic E-state index is 0.0406. The predicted octanol–water partition coefficient (Wildman–Crippen LogP) is 0.224. The number of piperidine rings is 1. The molecule has 1 saturated heterocycles. The third kappa shape index (κ3) is 3.15. The summed E-state index contributed by atoms with van der Waals surface area (Å²) >= 11 is 0. The molecule has 1 fully saturated rings. The van der Waals surface area contributed by atoms with E-state index in [2.05, 4.69) is 16.5 Å². The Bertz CT molecular complexity index is 759. The minimum atomic E-state index is -3.50. The Balaban J connectivity index is 1.95. The first-order valence-electron chi connectivity index (χ1n) is 8.44. The minimum Gasteiger partial charge on any atom is -0.308 e. The Labute approximate surface area is 143 Å². The molecule has 8 heteroatoms. The van der Waals surface area contributed by atoms with Gasteiger partial charge >= 0.3 is 0 Å². The zero-order valence-electron chi connectivity index (χ0n) is 14.5. The summed E-state index contributed by atoms with van der Waals surface area (Å²) < 4.78 is 29.8. The molecule has 0 saturated carbocycles. The molecule has 0 radical (unpaired) electrons. The van der Waals surface area contributed by atoms with Gasteiger partial charge in [-0.1, -0.05) is 13.0 Å². The van der Waals surface area contributed by atoms with Crippen LogP contribution in [0.4, 0.5) is 0 Å². The van der Waals surface area contributed by atoms with E-state index in [1.165, 1.54) is 14.1 Å². The lowest BCUT2D eigenvalue weighted by Gasteiger charge is -2.46. The summed E-state index contributed by atoms with van der Waals surface area (Å²) in [4.78, 5) is 14.9. The molecule has 134 valence electrons. The normalized spacial score (nSPS) is 27.2. The average molecular weight is 354 g/mol. The van der Waals surface area contributed by atoms with Gasteiger partial charge in [0.25, 0.3) is 15.8 Å². The first-order valence-corrected chi connectivity index (χ1v) is 9.88. The number of nitrogens with one attached hydrogen (secondary N) is 1. The molecule has 24 heavy (non-hydrogen) atoms. The number of nitrogens with zero attached hydrogens (tertiary/aromatic N) is 3. The molecule has 2 aliphatic heterocycles. The van der Waals surface area contributed by atoms with Crippen LogP contribution in [0.25, 0.3) is 0 Å². The highest BCUT2D eigenvalue weighted by molar-refractivity contribution is 7.87. The first kappa shape index (κ1) is 17.6. The van der Waals surface area contributed by atoms with Gasteiger partial charge in [-0.3, -0.25) is 4.79 Å². The van der Waals surface area contributed by atoms with E-state index in [0.29, 0.717) is 5.92 Å². The number of likely N-dealkylation sites (N-methyl/N-ethyl adjacent to an activating group) is 1. The highest BCUT2D eigenvalue weighted by Crippen LogP contribution is 2.40. The number of likely N-dealkylation sites (tertiary alicyclic amines) is 1. The summed E-state index contributed by atoms with van der Waals surface area (Å²) in [5, 5.41) is 0. The van der Waals surface area contributed by atoms with E-state index in [4.69, 9.17) is 0 Å². The van der Waals surface area contributed by atoms with Crippen molar-refractivity contribution >= 4 is 10.2 Å².